The van der Waals surface area contributed by atoms with Crippen LogP contribution in [0.2, 0.25) is 0 Å². The molecule has 0 unspecified atom stereocenters. The van der Waals surface area contributed by atoms with Gasteiger partial charge in [0.25, 0.3) is 5.56 Å². The lowest BCUT2D eigenvalue weighted by molar-refractivity contribution is -0.114. The number of thiophene rings is 1. The van der Waals surface area contributed by atoms with E-state index in [4.69, 9.17) is 0 Å². The molecule has 2 amide bonds. The van der Waals surface area contributed by atoms with Crippen LogP contribution in [0.1, 0.15) is 6.92 Å². The Morgan fingerprint density at radius 2 is 1.75 bits per heavy atom. The van der Waals surface area contributed by atoms with Crippen LogP contribution in [0.4, 0.5) is 15.8 Å². The van der Waals surface area contributed by atoms with E-state index >= 15 is 0 Å². The monoisotopic (exact) mass is 468 g/mol. The summed E-state index contributed by atoms with van der Waals surface area (Å²) in [6.07, 6.45) is 0. The maximum absolute atomic E-state index is 14.5. The molecule has 2 aromatic heterocycles. The molecule has 0 spiro atoms. The van der Waals surface area contributed by atoms with Crippen molar-refractivity contribution in [1.29, 1.82) is 0 Å². The van der Waals surface area contributed by atoms with Crippen LogP contribution >= 0.6 is 23.1 Å². The number of para-hydroxylation sites is 1. The average Bonchev–Trinajstić information content (AvgIpc) is 3.23. The highest BCUT2D eigenvalue weighted by atomic mass is 32.2. The highest BCUT2D eigenvalue weighted by Gasteiger charge is 2.17. The number of halogens is 1. The zero-order valence-electron chi connectivity index (χ0n) is 16.8. The van der Waals surface area contributed by atoms with Gasteiger partial charge in [-0.05, 0) is 47.8 Å². The molecule has 2 N–H and O–H groups in total. The molecule has 0 fully saturated rings. The highest BCUT2D eigenvalue weighted by molar-refractivity contribution is 7.99. The zero-order valence-corrected chi connectivity index (χ0v) is 18.4. The Balaban J connectivity index is 1.56. The number of anilines is 2. The van der Waals surface area contributed by atoms with Crippen LogP contribution in [0.15, 0.2) is 69.9 Å². The Hall–Kier alpha value is -3.50. The number of carbonyl (C=O) groups is 2. The molecule has 162 valence electrons. The number of thioether (sulfide) groups is 1. The maximum Gasteiger partial charge on any atom is 0.276 e. The summed E-state index contributed by atoms with van der Waals surface area (Å²) in [4.78, 5) is 41.1. The van der Waals surface area contributed by atoms with E-state index in [1.54, 1.807) is 47.8 Å². The minimum atomic E-state index is -0.558. The summed E-state index contributed by atoms with van der Waals surface area (Å²) in [6, 6.07) is 14.3. The largest absolute Gasteiger partial charge is 0.326 e. The van der Waals surface area contributed by atoms with E-state index in [2.05, 4.69) is 15.6 Å². The van der Waals surface area contributed by atoms with Crippen molar-refractivity contribution in [3.63, 3.8) is 0 Å². The zero-order chi connectivity index (χ0) is 22.7. The number of amides is 2. The van der Waals surface area contributed by atoms with E-state index in [1.807, 2.05) is 0 Å². The topological polar surface area (TPSA) is 93.1 Å². The smallest absolute Gasteiger partial charge is 0.276 e. The minimum Gasteiger partial charge on any atom is -0.326 e. The summed E-state index contributed by atoms with van der Waals surface area (Å²) in [7, 11) is 0. The molecule has 0 aliphatic heterocycles. The highest BCUT2D eigenvalue weighted by Crippen LogP contribution is 2.25. The second-order valence-corrected chi connectivity index (χ2v) is 8.58. The van der Waals surface area contributed by atoms with Gasteiger partial charge in [-0.15, -0.1) is 11.3 Å². The van der Waals surface area contributed by atoms with Crippen molar-refractivity contribution < 1.29 is 14.0 Å². The predicted octanol–water partition coefficient (Wildman–Crippen LogP) is 4.28. The first-order valence-corrected chi connectivity index (χ1v) is 11.3. The molecular weight excluding hydrogens is 451 g/mol. The van der Waals surface area contributed by atoms with Gasteiger partial charge in [0.2, 0.25) is 11.8 Å². The van der Waals surface area contributed by atoms with Crippen molar-refractivity contribution in [2.24, 2.45) is 0 Å². The van der Waals surface area contributed by atoms with Gasteiger partial charge >= 0.3 is 0 Å². The lowest BCUT2D eigenvalue weighted by Crippen LogP contribution is -2.23. The van der Waals surface area contributed by atoms with E-state index in [0.29, 0.717) is 21.6 Å². The lowest BCUT2D eigenvalue weighted by atomic mass is 10.3. The summed E-state index contributed by atoms with van der Waals surface area (Å²) < 4.78 is 16.1. The molecule has 0 atom stereocenters. The van der Waals surface area contributed by atoms with Crippen molar-refractivity contribution in [2.45, 2.75) is 12.1 Å². The number of rotatable bonds is 6. The minimum absolute atomic E-state index is 0.0377. The SMILES string of the molecule is CC(=O)Nc1ccc(NC(=O)CSc2nc3ccsc3c(=O)n2-c2ccccc2F)cc1. The third-order valence-electron chi connectivity index (χ3n) is 4.36. The second kappa shape index (κ2) is 9.33. The molecule has 32 heavy (non-hydrogen) atoms. The van der Waals surface area contributed by atoms with Crippen molar-refractivity contribution >= 4 is 56.5 Å². The number of fused-ring (bicyclic) bond motifs is 1. The average molecular weight is 469 g/mol. The molecule has 0 bridgehead atoms. The van der Waals surface area contributed by atoms with Gasteiger partial charge < -0.3 is 10.6 Å². The molecule has 4 aromatic rings. The number of carbonyl (C=O) groups excluding carboxylic acids is 2. The number of aromatic nitrogens is 2. The van der Waals surface area contributed by atoms with Gasteiger partial charge in [-0.2, -0.15) is 0 Å². The molecule has 0 saturated heterocycles. The summed E-state index contributed by atoms with van der Waals surface area (Å²) in [5.41, 5.74) is 1.37. The Bertz CT molecular complexity index is 1370. The van der Waals surface area contributed by atoms with Crippen LogP contribution in [0.5, 0.6) is 0 Å². The predicted molar refractivity (Wildman–Crippen MR) is 125 cm³/mol. The third kappa shape index (κ3) is 4.71. The van der Waals surface area contributed by atoms with Gasteiger partial charge in [0.15, 0.2) is 5.16 Å². The first kappa shape index (κ1) is 21.7. The molecule has 0 aliphatic rings. The van der Waals surface area contributed by atoms with Crippen LogP contribution in [0, 0.1) is 5.82 Å². The molecule has 7 nitrogen and oxygen atoms in total. The van der Waals surface area contributed by atoms with Gasteiger partial charge in [-0.1, -0.05) is 23.9 Å². The van der Waals surface area contributed by atoms with E-state index in [9.17, 15) is 18.8 Å². The molecule has 2 heterocycles. The maximum atomic E-state index is 14.5. The van der Waals surface area contributed by atoms with E-state index in [1.165, 1.54) is 35.0 Å². The number of benzene rings is 2. The van der Waals surface area contributed by atoms with Gasteiger partial charge in [0, 0.05) is 18.3 Å². The van der Waals surface area contributed by atoms with Crippen molar-refractivity contribution in [3.8, 4) is 5.69 Å². The Morgan fingerprint density at radius 3 is 2.44 bits per heavy atom. The van der Waals surface area contributed by atoms with Crippen molar-refractivity contribution in [2.75, 3.05) is 16.4 Å². The molecular formula is C22H17FN4O3S2. The van der Waals surface area contributed by atoms with E-state index in [0.717, 1.165) is 11.8 Å². The normalized spacial score (nSPS) is 10.8. The molecule has 0 radical (unpaired) electrons. The number of nitrogens with zero attached hydrogens (tertiary/aromatic N) is 2. The summed E-state index contributed by atoms with van der Waals surface area (Å²) in [6.45, 7) is 1.41. The molecule has 0 aliphatic carbocycles. The standard InChI is InChI=1S/C22H17FN4O3S2/c1-13(28)24-14-6-8-15(9-7-14)25-19(29)12-32-22-26-17-10-11-31-20(17)21(30)27(22)18-5-3-2-4-16(18)23/h2-11H,12H2,1H3,(H,24,28)(H,25,29). The molecule has 0 saturated carbocycles. The Kier molecular flexibility index (Phi) is 6.33. The van der Waals surface area contributed by atoms with Crippen LogP contribution < -0.4 is 16.2 Å². The quantitative estimate of drug-likeness (QED) is 0.326. The fourth-order valence-electron chi connectivity index (χ4n) is 3.00. The first-order valence-electron chi connectivity index (χ1n) is 9.48. The van der Waals surface area contributed by atoms with Gasteiger partial charge in [0.1, 0.15) is 10.5 Å². The summed E-state index contributed by atoms with van der Waals surface area (Å²) in [5.74, 6) is -1.10. The van der Waals surface area contributed by atoms with Gasteiger partial charge in [0.05, 0.1) is 17.0 Å². The molecule has 4 rings (SSSR count). The molecule has 10 heteroatoms. The third-order valence-corrected chi connectivity index (χ3v) is 6.19. The van der Waals surface area contributed by atoms with Gasteiger partial charge in [-0.25, -0.2) is 9.37 Å². The fourth-order valence-corrected chi connectivity index (χ4v) is 4.57. The number of hydrogen-bond acceptors (Lipinski definition) is 6. The molecule has 2 aromatic carbocycles. The van der Waals surface area contributed by atoms with Crippen molar-refractivity contribution in [3.05, 3.63) is 76.1 Å². The Labute approximate surface area is 190 Å². The van der Waals surface area contributed by atoms with Crippen LogP contribution in [0.25, 0.3) is 15.9 Å². The van der Waals surface area contributed by atoms with Crippen LogP contribution in [-0.4, -0.2) is 27.1 Å². The first-order chi connectivity index (χ1) is 15.4. The summed E-state index contributed by atoms with van der Waals surface area (Å²) in [5, 5.41) is 7.37. The second-order valence-electron chi connectivity index (χ2n) is 6.72. The van der Waals surface area contributed by atoms with Crippen LogP contribution in [-0.2, 0) is 9.59 Å². The van der Waals surface area contributed by atoms with Crippen molar-refractivity contribution in [1.82, 2.24) is 9.55 Å². The van der Waals surface area contributed by atoms with E-state index < -0.39 is 5.82 Å². The fraction of sp³-hybridized carbons (Fsp3) is 0.0909. The van der Waals surface area contributed by atoms with Crippen LogP contribution in [0.3, 0.4) is 0 Å². The Morgan fingerprint density at radius 1 is 1.06 bits per heavy atom. The lowest BCUT2D eigenvalue weighted by Gasteiger charge is -2.13. The number of hydrogen-bond donors (Lipinski definition) is 2. The van der Waals surface area contributed by atoms with Gasteiger partial charge in [-0.3, -0.25) is 19.0 Å². The summed E-state index contributed by atoms with van der Waals surface area (Å²) >= 11 is 2.28. The van der Waals surface area contributed by atoms with E-state index in [-0.39, 0.29) is 34.0 Å². The number of nitrogens with one attached hydrogen (secondary N) is 2.